The summed E-state index contributed by atoms with van der Waals surface area (Å²) in [6.07, 6.45) is 2.11. The zero-order valence-corrected chi connectivity index (χ0v) is 19.4. The van der Waals surface area contributed by atoms with Crippen molar-refractivity contribution >= 4 is 12.1 Å². The highest BCUT2D eigenvalue weighted by Crippen LogP contribution is 2.38. The molecule has 1 atom stereocenters. The third kappa shape index (κ3) is 6.31. The van der Waals surface area contributed by atoms with Gasteiger partial charge in [-0.05, 0) is 48.9 Å². The van der Waals surface area contributed by atoms with Gasteiger partial charge in [0, 0.05) is 6.54 Å². The number of likely N-dealkylation sites (tertiary alicyclic amines) is 1. The summed E-state index contributed by atoms with van der Waals surface area (Å²) in [6, 6.07) is 12.6. The molecule has 3 rings (SSSR count). The first-order valence-corrected chi connectivity index (χ1v) is 11.0. The Balaban J connectivity index is 1.47. The van der Waals surface area contributed by atoms with Gasteiger partial charge in [-0.1, -0.05) is 30.3 Å². The van der Waals surface area contributed by atoms with E-state index < -0.39 is 18.1 Å². The normalized spacial score (nSPS) is 15.1. The summed E-state index contributed by atoms with van der Waals surface area (Å²) >= 11 is 0. The lowest BCUT2D eigenvalue weighted by Crippen LogP contribution is -2.41. The first-order chi connectivity index (χ1) is 16.1. The number of aryl methyl sites for hydroxylation is 1. The van der Waals surface area contributed by atoms with E-state index in [1.807, 2.05) is 42.5 Å². The van der Waals surface area contributed by atoms with Gasteiger partial charge in [-0.3, -0.25) is 4.90 Å². The summed E-state index contributed by atoms with van der Waals surface area (Å²) in [5.74, 6) is 1.31. The lowest BCUT2D eigenvalue weighted by molar-refractivity contribution is -0.148. The van der Waals surface area contributed by atoms with Crippen molar-refractivity contribution in [2.24, 2.45) is 0 Å². The van der Waals surface area contributed by atoms with E-state index in [9.17, 15) is 9.59 Å². The van der Waals surface area contributed by atoms with E-state index in [1.165, 1.54) is 4.90 Å². The molecule has 0 spiro atoms. The van der Waals surface area contributed by atoms with Crippen LogP contribution in [0.5, 0.6) is 17.2 Å². The number of hydrogen-bond acceptors (Lipinski definition) is 7. The van der Waals surface area contributed by atoms with Gasteiger partial charge in [0.1, 0.15) is 12.6 Å². The molecule has 1 fully saturated rings. The fourth-order valence-corrected chi connectivity index (χ4v) is 3.86. The van der Waals surface area contributed by atoms with E-state index in [-0.39, 0.29) is 13.2 Å². The first kappa shape index (κ1) is 24.2. The third-order valence-corrected chi connectivity index (χ3v) is 5.54. The molecule has 8 nitrogen and oxygen atoms in total. The molecule has 0 saturated carbocycles. The molecule has 1 saturated heterocycles. The van der Waals surface area contributed by atoms with Gasteiger partial charge in [0.25, 0.3) is 0 Å². The van der Waals surface area contributed by atoms with E-state index in [4.69, 9.17) is 23.7 Å². The van der Waals surface area contributed by atoms with Crippen LogP contribution in [0.3, 0.4) is 0 Å². The second-order valence-electron chi connectivity index (χ2n) is 7.70. The third-order valence-electron chi connectivity index (χ3n) is 5.54. The number of esters is 1. The highest BCUT2D eigenvalue weighted by Gasteiger charge is 2.36. The number of benzene rings is 2. The molecule has 178 valence electrons. The smallest absolute Gasteiger partial charge is 0.410 e. The summed E-state index contributed by atoms with van der Waals surface area (Å²) in [5.41, 5.74) is 1.88. The van der Waals surface area contributed by atoms with Crippen molar-refractivity contribution in [1.82, 2.24) is 4.90 Å². The minimum Gasteiger partial charge on any atom is -0.493 e. The summed E-state index contributed by atoms with van der Waals surface area (Å²) in [6.45, 7) is 0.907. The lowest BCUT2D eigenvalue weighted by Gasteiger charge is -2.22. The van der Waals surface area contributed by atoms with Gasteiger partial charge in [-0.2, -0.15) is 0 Å². The quantitative estimate of drug-likeness (QED) is 0.394. The van der Waals surface area contributed by atoms with Crippen LogP contribution in [0, 0.1) is 0 Å². The molecule has 2 aromatic rings. The Morgan fingerprint density at radius 2 is 1.64 bits per heavy atom. The Morgan fingerprint density at radius 1 is 0.939 bits per heavy atom. The van der Waals surface area contributed by atoms with Crippen LogP contribution < -0.4 is 14.2 Å². The van der Waals surface area contributed by atoms with Gasteiger partial charge in [0.15, 0.2) is 11.5 Å². The van der Waals surface area contributed by atoms with Gasteiger partial charge in [-0.15, -0.1) is 0 Å². The maximum atomic E-state index is 12.6. The van der Waals surface area contributed by atoms with E-state index in [2.05, 4.69) is 0 Å². The monoisotopic (exact) mass is 457 g/mol. The van der Waals surface area contributed by atoms with Gasteiger partial charge >= 0.3 is 12.1 Å². The van der Waals surface area contributed by atoms with Crippen molar-refractivity contribution < 1.29 is 33.3 Å². The predicted octanol–water partition coefficient (Wildman–Crippen LogP) is 3.99. The average molecular weight is 458 g/mol. The highest BCUT2D eigenvalue weighted by molar-refractivity contribution is 5.82. The van der Waals surface area contributed by atoms with E-state index in [0.717, 1.165) is 17.5 Å². The maximum absolute atomic E-state index is 12.6. The van der Waals surface area contributed by atoms with Crippen LogP contribution in [-0.2, 0) is 27.3 Å². The molecule has 0 N–H and O–H groups in total. The SMILES string of the molecule is COc1cc(CCCOC(=O)C2CCCN2C(=O)OCc2ccccc2)cc(OC)c1OC. The van der Waals surface area contributed by atoms with Crippen molar-refractivity contribution in [3.8, 4) is 17.2 Å². The van der Waals surface area contributed by atoms with E-state index in [0.29, 0.717) is 43.1 Å². The Labute approximate surface area is 194 Å². The summed E-state index contributed by atoms with van der Waals surface area (Å²) in [4.78, 5) is 26.5. The largest absolute Gasteiger partial charge is 0.493 e. The number of hydrogen-bond donors (Lipinski definition) is 0. The fraction of sp³-hybridized carbons (Fsp3) is 0.440. The Hall–Kier alpha value is -3.42. The molecule has 33 heavy (non-hydrogen) atoms. The molecule has 1 aliphatic heterocycles. The van der Waals surface area contributed by atoms with Gasteiger partial charge in [-0.25, -0.2) is 9.59 Å². The van der Waals surface area contributed by atoms with Gasteiger partial charge in [0.2, 0.25) is 5.75 Å². The van der Waals surface area contributed by atoms with Gasteiger partial charge < -0.3 is 23.7 Å². The van der Waals surface area contributed by atoms with Crippen LogP contribution in [0.2, 0.25) is 0 Å². The Kier molecular flexibility index (Phi) is 8.80. The molecular formula is C25H31NO7. The minimum absolute atomic E-state index is 0.173. The molecular weight excluding hydrogens is 426 g/mol. The van der Waals surface area contributed by atoms with Crippen LogP contribution in [-0.4, -0.2) is 57.5 Å². The average Bonchev–Trinajstić information content (AvgIpc) is 3.35. The highest BCUT2D eigenvalue weighted by atomic mass is 16.6. The number of methoxy groups -OCH3 is 3. The van der Waals surface area contributed by atoms with Crippen LogP contribution in [0.25, 0.3) is 0 Å². The molecule has 8 heteroatoms. The maximum Gasteiger partial charge on any atom is 0.410 e. The summed E-state index contributed by atoms with van der Waals surface area (Å²) in [7, 11) is 4.70. The van der Waals surface area contributed by atoms with Crippen molar-refractivity contribution in [3.63, 3.8) is 0 Å². The summed E-state index contributed by atoms with van der Waals surface area (Å²) < 4.78 is 26.9. The minimum atomic E-state index is -0.602. The number of rotatable bonds is 10. The van der Waals surface area contributed by atoms with Crippen molar-refractivity contribution in [2.75, 3.05) is 34.5 Å². The zero-order chi connectivity index (χ0) is 23.6. The fourth-order valence-electron chi connectivity index (χ4n) is 3.86. The lowest BCUT2D eigenvalue weighted by atomic mass is 10.1. The van der Waals surface area contributed by atoms with Crippen molar-refractivity contribution in [2.45, 2.75) is 38.3 Å². The zero-order valence-electron chi connectivity index (χ0n) is 19.4. The number of nitrogens with zero attached hydrogens (tertiary/aromatic N) is 1. The molecule has 1 heterocycles. The van der Waals surface area contributed by atoms with E-state index >= 15 is 0 Å². The van der Waals surface area contributed by atoms with Crippen molar-refractivity contribution in [3.05, 3.63) is 53.6 Å². The molecule has 0 aromatic heterocycles. The van der Waals surface area contributed by atoms with Crippen LogP contribution >= 0.6 is 0 Å². The number of ether oxygens (including phenoxy) is 5. The van der Waals surface area contributed by atoms with Crippen LogP contribution in [0.1, 0.15) is 30.4 Å². The predicted molar refractivity (Wildman–Crippen MR) is 122 cm³/mol. The van der Waals surface area contributed by atoms with Crippen LogP contribution in [0.15, 0.2) is 42.5 Å². The molecule has 0 bridgehead atoms. The molecule has 1 aliphatic rings. The number of amides is 1. The molecule has 0 aliphatic carbocycles. The molecule has 2 aromatic carbocycles. The number of carbonyl (C=O) groups excluding carboxylic acids is 2. The number of carbonyl (C=O) groups is 2. The standard InChI is InChI=1S/C25H31NO7/c1-29-21-15-19(16-22(30-2)23(21)31-3)11-8-14-32-24(27)20-12-7-13-26(20)25(28)33-17-18-9-5-4-6-10-18/h4-6,9-10,15-16,20H,7-8,11-14,17H2,1-3H3. The second-order valence-corrected chi connectivity index (χ2v) is 7.70. The molecule has 1 amide bonds. The topological polar surface area (TPSA) is 83.5 Å². The van der Waals surface area contributed by atoms with Gasteiger partial charge in [0.05, 0.1) is 27.9 Å². The van der Waals surface area contributed by atoms with Crippen molar-refractivity contribution in [1.29, 1.82) is 0 Å². The molecule has 1 unspecified atom stereocenters. The first-order valence-electron chi connectivity index (χ1n) is 11.0. The summed E-state index contributed by atoms with van der Waals surface area (Å²) in [5, 5.41) is 0. The van der Waals surface area contributed by atoms with E-state index in [1.54, 1.807) is 21.3 Å². The Morgan fingerprint density at radius 3 is 2.27 bits per heavy atom. The Bertz CT molecular complexity index is 907. The second kappa shape index (κ2) is 12.0. The van der Waals surface area contributed by atoms with Crippen LogP contribution in [0.4, 0.5) is 4.79 Å². The molecule has 0 radical (unpaired) electrons.